The smallest absolute Gasteiger partial charge is 0.305 e. The molecule has 4 heteroatoms. The molecule has 2 unspecified atom stereocenters. The lowest BCUT2D eigenvalue weighted by Gasteiger charge is -2.25. The van der Waals surface area contributed by atoms with Crippen molar-refractivity contribution >= 4 is 5.97 Å². The number of ether oxygens (including phenoxy) is 1. The standard InChI is InChI=1S/C17H25NO3/c1-11-4-7-14(12(2)10-11)17(20)15(18-13-5-6-13)8-9-16(19)21-3/h4,7,10,13,15,17-18,20H,5-6,8-9H2,1-3H3. The zero-order chi connectivity index (χ0) is 15.4. The van der Waals surface area contributed by atoms with E-state index in [2.05, 4.69) is 11.4 Å². The van der Waals surface area contributed by atoms with Crippen LogP contribution in [0, 0.1) is 13.8 Å². The molecule has 0 saturated heterocycles. The van der Waals surface area contributed by atoms with E-state index in [1.165, 1.54) is 12.7 Å². The van der Waals surface area contributed by atoms with Crippen LogP contribution in [0.1, 0.15) is 48.5 Å². The van der Waals surface area contributed by atoms with E-state index in [0.717, 1.165) is 24.0 Å². The topological polar surface area (TPSA) is 58.6 Å². The molecule has 4 nitrogen and oxygen atoms in total. The molecule has 0 aliphatic heterocycles. The molecular weight excluding hydrogens is 266 g/mol. The van der Waals surface area contributed by atoms with Gasteiger partial charge in [0.1, 0.15) is 0 Å². The number of aliphatic hydroxyl groups is 1. The number of nitrogens with one attached hydrogen (secondary N) is 1. The molecular formula is C17H25NO3. The van der Waals surface area contributed by atoms with Gasteiger partial charge < -0.3 is 15.2 Å². The summed E-state index contributed by atoms with van der Waals surface area (Å²) >= 11 is 0. The first-order valence-electron chi connectivity index (χ1n) is 7.59. The van der Waals surface area contributed by atoms with Crippen LogP contribution < -0.4 is 5.32 Å². The van der Waals surface area contributed by atoms with Crippen molar-refractivity contribution in [3.63, 3.8) is 0 Å². The van der Waals surface area contributed by atoms with E-state index < -0.39 is 6.10 Å². The van der Waals surface area contributed by atoms with Gasteiger partial charge in [-0.15, -0.1) is 0 Å². The Balaban J connectivity index is 2.08. The maximum atomic E-state index is 11.4. The van der Waals surface area contributed by atoms with Gasteiger partial charge in [-0.1, -0.05) is 23.8 Å². The van der Waals surface area contributed by atoms with Crippen molar-refractivity contribution in [2.75, 3.05) is 7.11 Å². The van der Waals surface area contributed by atoms with Crippen molar-refractivity contribution in [3.05, 3.63) is 34.9 Å². The lowest BCUT2D eigenvalue weighted by molar-refractivity contribution is -0.141. The second kappa shape index (κ2) is 7.05. The minimum absolute atomic E-state index is 0.113. The Morgan fingerprint density at radius 3 is 2.71 bits per heavy atom. The average molecular weight is 291 g/mol. The first-order valence-corrected chi connectivity index (χ1v) is 7.59. The number of aliphatic hydroxyl groups excluding tert-OH is 1. The Bertz CT molecular complexity index is 497. The third-order valence-electron chi connectivity index (χ3n) is 4.04. The summed E-state index contributed by atoms with van der Waals surface area (Å²) in [6.07, 6.45) is 2.60. The highest BCUT2D eigenvalue weighted by atomic mass is 16.5. The van der Waals surface area contributed by atoms with Crippen LogP contribution in [-0.2, 0) is 9.53 Å². The van der Waals surface area contributed by atoms with Gasteiger partial charge >= 0.3 is 5.97 Å². The summed E-state index contributed by atoms with van der Waals surface area (Å²) in [6, 6.07) is 6.44. The van der Waals surface area contributed by atoms with Gasteiger partial charge in [0.25, 0.3) is 0 Å². The maximum absolute atomic E-state index is 11.4. The van der Waals surface area contributed by atoms with E-state index in [9.17, 15) is 9.90 Å². The molecule has 0 bridgehead atoms. The largest absolute Gasteiger partial charge is 0.469 e. The van der Waals surface area contributed by atoms with Crippen molar-refractivity contribution in [1.82, 2.24) is 5.32 Å². The normalized spacial score (nSPS) is 17.3. The number of hydrogen-bond acceptors (Lipinski definition) is 4. The fourth-order valence-electron chi connectivity index (χ4n) is 2.63. The lowest BCUT2D eigenvalue weighted by atomic mass is 9.94. The second-order valence-electron chi connectivity index (χ2n) is 5.97. The van der Waals surface area contributed by atoms with Crippen molar-refractivity contribution < 1.29 is 14.6 Å². The molecule has 1 aromatic carbocycles. The van der Waals surface area contributed by atoms with Gasteiger partial charge in [-0.05, 0) is 44.2 Å². The van der Waals surface area contributed by atoms with Crippen molar-refractivity contribution in [1.29, 1.82) is 0 Å². The highest BCUT2D eigenvalue weighted by Crippen LogP contribution is 2.28. The van der Waals surface area contributed by atoms with E-state index >= 15 is 0 Å². The molecule has 1 aliphatic rings. The Hall–Kier alpha value is -1.39. The van der Waals surface area contributed by atoms with Gasteiger partial charge in [-0.3, -0.25) is 4.79 Å². The van der Waals surface area contributed by atoms with Gasteiger partial charge in [0.2, 0.25) is 0 Å². The van der Waals surface area contributed by atoms with E-state index in [4.69, 9.17) is 4.74 Å². The van der Waals surface area contributed by atoms with Gasteiger partial charge in [0.15, 0.2) is 0 Å². The van der Waals surface area contributed by atoms with Crippen molar-refractivity contribution in [2.45, 2.75) is 57.7 Å². The number of carbonyl (C=O) groups excluding carboxylic acids is 1. The molecule has 0 amide bonds. The van der Waals surface area contributed by atoms with E-state index in [1.807, 2.05) is 26.0 Å². The van der Waals surface area contributed by atoms with Gasteiger partial charge in [-0.2, -0.15) is 0 Å². The van der Waals surface area contributed by atoms with Crippen LogP contribution >= 0.6 is 0 Å². The molecule has 0 radical (unpaired) electrons. The van der Waals surface area contributed by atoms with E-state index in [0.29, 0.717) is 18.9 Å². The number of hydrogen-bond donors (Lipinski definition) is 2. The fraction of sp³-hybridized carbons (Fsp3) is 0.588. The van der Waals surface area contributed by atoms with Crippen LogP contribution in [0.2, 0.25) is 0 Å². The molecule has 1 aromatic rings. The summed E-state index contributed by atoms with van der Waals surface area (Å²) in [5.74, 6) is -0.231. The first kappa shape index (κ1) is 16.0. The average Bonchev–Trinajstić information content (AvgIpc) is 3.26. The Kier molecular flexibility index (Phi) is 5.37. The second-order valence-corrected chi connectivity index (χ2v) is 5.97. The molecule has 2 N–H and O–H groups in total. The number of benzene rings is 1. The highest BCUT2D eigenvalue weighted by Gasteiger charge is 2.30. The zero-order valence-corrected chi connectivity index (χ0v) is 13.1. The Morgan fingerprint density at radius 1 is 1.43 bits per heavy atom. The van der Waals surface area contributed by atoms with Crippen LogP contribution in [0.5, 0.6) is 0 Å². The summed E-state index contributed by atoms with van der Waals surface area (Å²) in [4.78, 5) is 11.4. The SMILES string of the molecule is COC(=O)CCC(NC1CC1)C(O)c1ccc(C)cc1C. The minimum Gasteiger partial charge on any atom is -0.469 e. The van der Waals surface area contributed by atoms with Crippen LogP contribution in [0.25, 0.3) is 0 Å². The Morgan fingerprint density at radius 2 is 2.14 bits per heavy atom. The molecule has 0 heterocycles. The zero-order valence-electron chi connectivity index (χ0n) is 13.1. The molecule has 0 spiro atoms. The summed E-state index contributed by atoms with van der Waals surface area (Å²) < 4.78 is 4.70. The molecule has 1 fully saturated rings. The predicted octanol–water partition coefficient (Wildman–Crippen LogP) is 2.41. The molecule has 21 heavy (non-hydrogen) atoms. The highest BCUT2D eigenvalue weighted by molar-refractivity contribution is 5.69. The van der Waals surface area contributed by atoms with Crippen LogP contribution in [0.4, 0.5) is 0 Å². The fourth-order valence-corrected chi connectivity index (χ4v) is 2.63. The summed E-state index contributed by atoms with van der Waals surface area (Å²) in [6.45, 7) is 4.06. The summed E-state index contributed by atoms with van der Waals surface area (Å²) in [5.41, 5.74) is 3.21. The quantitative estimate of drug-likeness (QED) is 0.757. The minimum atomic E-state index is -0.601. The molecule has 2 atom stereocenters. The lowest BCUT2D eigenvalue weighted by Crippen LogP contribution is -2.37. The van der Waals surface area contributed by atoms with Gasteiger partial charge in [0.05, 0.1) is 13.2 Å². The maximum Gasteiger partial charge on any atom is 0.305 e. The van der Waals surface area contributed by atoms with Crippen LogP contribution in [-0.4, -0.2) is 30.3 Å². The monoisotopic (exact) mass is 291 g/mol. The number of methoxy groups -OCH3 is 1. The molecule has 0 aromatic heterocycles. The number of aryl methyl sites for hydroxylation is 2. The third kappa shape index (κ3) is 4.55. The summed E-state index contributed by atoms with van der Waals surface area (Å²) in [7, 11) is 1.40. The van der Waals surface area contributed by atoms with Crippen molar-refractivity contribution in [2.24, 2.45) is 0 Å². The third-order valence-corrected chi connectivity index (χ3v) is 4.04. The molecule has 2 rings (SSSR count). The van der Waals surface area contributed by atoms with E-state index in [1.54, 1.807) is 0 Å². The number of rotatable bonds is 7. The first-order chi connectivity index (χ1) is 10.0. The number of carbonyl (C=O) groups is 1. The van der Waals surface area contributed by atoms with Crippen LogP contribution in [0.15, 0.2) is 18.2 Å². The molecule has 1 saturated carbocycles. The predicted molar refractivity (Wildman–Crippen MR) is 82.1 cm³/mol. The number of esters is 1. The Labute approximate surface area is 126 Å². The summed E-state index contributed by atoms with van der Waals surface area (Å²) in [5, 5.41) is 14.2. The van der Waals surface area contributed by atoms with E-state index in [-0.39, 0.29) is 12.0 Å². The molecule has 1 aliphatic carbocycles. The van der Waals surface area contributed by atoms with Gasteiger partial charge in [0, 0.05) is 18.5 Å². The van der Waals surface area contributed by atoms with Gasteiger partial charge in [-0.25, -0.2) is 0 Å². The molecule has 116 valence electrons. The van der Waals surface area contributed by atoms with Crippen molar-refractivity contribution in [3.8, 4) is 0 Å². The van der Waals surface area contributed by atoms with Crippen LogP contribution in [0.3, 0.4) is 0 Å².